The van der Waals surface area contributed by atoms with Crippen molar-refractivity contribution in [1.82, 2.24) is 0 Å². The highest BCUT2D eigenvalue weighted by Gasteiger charge is 2.18. The summed E-state index contributed by atoms with van der Waals surface area (Å²) in [6, 6.07) is 13.2. The molecule has 0 spiro atoms. The summed E-state index contributed by atoms with van der Waals surface area (Å²) in [5.41, 5.74) is 0.434. The van der Waals surface area contributed by atoms with Crippen LogP contribution in [0, 0.1) is 0 Å². The smallest absolute Gasteiger partial charge is 0.349 e. The van der Waals surface area contributed by atoms with Crippen molar-refractivity contribution < 1.29 is 38.1 Å². The molecule has 188 valence electrons. The minimum atomic E-state index is -0.726. The molecule has 2 aromatic carbocycles. The van der Waals surface area contributed by atoms with Crippen molar-refractivity contribution in [2.45, 2.75) is 58.8 Å². The molecule has 0 aliphatic heterocycles. The summed E-state index contributed by atoms with van der Waals surface area (Å²) in [5.74, 6) is -1.86. The molecular formula is C27H32O8. The Labute approximate surface area is 205 Å². The second-order valence-corrected chi connectivity index (χ2v) is 7.65. The van der Waals surface area contributed by atoms with Gasteiger partial charge in [0.1, 0.15) is 22.6 Å². The van der Waals surface area contributed by atoms with Crippen LogP contribution in [0.15, 0.2) is 48.5 Å². The van der Waals surface area contributed by atoms with Crippen LogP contribution in [0.1, 0.15) is 79.5 Å². The van der Waals surface area contributed by atoms with Gasteiger partial charge in [-0.3, -0.25) is 9.59 Å². The van der Waals surface area contributed by atoms with Crippen molar-refractivity contribution in [2.75, 3.05) is 13.2 Å². The van der Waals surface area contributed by atoms with E-state index in [9.17, 15) is 19.2 Å². The van der Waals surface area contributed by atoms with E-state index >= 15 is 0 Å². The standard InChI is InChI=1S/C27H32O8/c1-3-32-22-16-12-10-14-20(22)26(30)34-24(28)18-8-6-5-7-9-19-25(29)35-27(31)21-15-11-13-17-23(21)33-4-2/h10-17H,3-9,18-19H2,1-2H3. The highest BCUT2D eigenvalue weighted by Crippen LogP contribution is 2.20. The van der Waals surface area contributed by atoms with Crippen molar-refractivity contribution in [2.24, 2.45) is 0 Å². The number of hydrogen-bond donors (Lipinski definition) is 0. The van der Waals surface area contributed by atoms with Crippen LogP contribution in [0.25, 0.3) is 0 Å². The molecule has 0 atom stereocenters. The average Bonchev–Trinajstić information content (AvgIpc) is 2.84. The van der Waals surface area contributed by atoms with E-state index in [1.807, 2.05) is 0 Å². The van der Waals surface area contributed by atoms with E-state index in [2.05, 4.69) is 0 Å². The van der Waals surface area contributed by atoms with Crippen molar-refractivity contribution in [3.63, 3.8) is 0 Å². The summed E-state index contributed by atoms with van der Waals surface area (Å²) < 4.78 is 20.6. The van der Waals surface area contributed by atoms with Gasteiger partial charge in [-0.2, -0.15) is 0 Å². The number of esters is 4. The van der Waals surface area contributed by atoms with E-state index in [0.29, 0.717) is 37.6 Å². The third-order valence-corrected chi connectivity index (χ3v) is 4.99. The van der Waals surface area contributed by atoms with Gasteiger partial charge < -0.3 is 18.9 Å². The first-order chi connectivity index (χ1) is 17.0. The Hall–Kier alpha value is -3.68. The molecule has 8 nitrogen and oxygen atoms in total. The molecule has 2 rings (SSSR count). The fourth-order valence-electron chi connectivity index (χ4n) is 3.32. The fourth-order valence-corrected chi connectivity index (χ4v) is 3.32. The van der Waals surface area contributed by atoms with Crippen LogP contribution in [-0.4, -0.2) is 37.1 Å². The lowest BCUT2D eigenvalue weighted by atomic mass is 10.1. The van der Waals surface area contributed by atoms with Gasteiger partial charge in [-0.05, 0) is 51.0 Å². The normalized spacial score (nSPS) is 10.3. The predicted octanol–water partition coefficient (Wildman–Crippen LogP) is 5.28. The Kier molecular flexibility index (Phi) is 12.0. The first kappa shape index (κ1) is 27.6. The average molecular weight is 485 g/mol. The van der Waals surface area contributed by atoms with Crippen LogP contribution in [0.5, 0.6) is 11.5 Å². The molecular weight excluding hydrogens is 452 g/mol. The summed E-state index contributed by atoms with van der Waals surface area (Å²) >= 11 is 0. The topological polar surface area (TPSA) is 105 Å². The monoisotopic (exact) mass is 484 g/mol. The van der Waals surface area contributed by atoms with Crippen LogP contribution < -0.4 is 9.47 Å². The van der Waals surface area contributed by atoms with Gasteiger partial charge in [-0.1, -0.05) is 43.5 Å². The lowest BCUT2D eigenvalue weighted by molar-refractivity contribution is -0.139. The molecule has 0 amide bonds. The van der Waals surface area contributed by atoms with Crippen LogP contribution in [-0.2, 0) is 19.1 Å². The number of unbranched alkanes of at least 4 members (excludes halogenated alkanes) is 4. The Balaban J connectivity index is 1.60. The molecule has 0 aliphatic carbocycles. The molecule has 0 fully saturated rings. The fraction of sp³-hybridized carbons (Fsp3) is 0.407. The van der Waals surface area contributed by atoms with Gasteiger partial charge in [0.15, 0.2) is 0 Å². The number of carbonyl (C=O) groups excluding carboxylic acids is 4. The molecule has 0 radical (unpaired) electrons. The minimum absolute atomic E-state index is 0.123. The number of ether oxygens (including phenoxy) is 4. The zero-order valence-corrected chi connectivity index (χ0v) is 20.2. The minimum Gasteiger partial charge on any atom is -0.493 e. The number of hydrogen-bond acceptors (Lipinski definition) is 8. The van der Waals surface area contributed by atoms with E-state index in [1.54, 1.807) is 62.4 Å². The van der Waals surface area contributed by atoms with E-state index < -0.39 is 23.9 Å². The van der Waals surface area contributed by atoms with Gasteiger partial charge in [-0.25, -0.2) is 9.59 Å². The van der Waals surface area contributed by atoms with Gasteiger partial charge in [0, 0.05) is 12.8 Å². The maximum absolute atomic E-state index is 12.2. The largest absolute Gasteiger partial charge is 0.493 e. The summed E-state index contributed by atoms with van der Waals surface area (Å²) in [6.07, 6.45) is 3.66. The number of para-hydroxylation sites is 2. The SMILES string of the molecule is CCOc1ccccc1C(=O)OC(=O)CCCCCCCC(=O)OC(=O)c1ccccc1OCC. The maximum atomic E-state index is 12.2. The van der Waals surface area contributed by atoms with E-state index in [0.717, 1.165) is 19.3 Å². The molecule has 2 aromatic rings. The summed E-state index contributed by atoms with van der Waals surface area (Å²) in [5, 5.41) is 0. The summed E-state index contributed by atoms with van der Waals surface area (Å²) in [4.78, 5) is 48.4. The van der Waals surface area contributed by atoms with Crippen molar-refractivity contribution in [3.05, 3.63) is 59.7 Å². The van der Waals surface area contributed by atoms with Crippen molar-refractivity contribution in [3.8, 4) is 11.5 Å². The number of benzene rings is 2. The van der Waals surface area contributed by atoms with Gasteiger partial charge in [0.2, 0.25) is 0 Å². The van der Waals surface area contributed by atoms with Crippen LogP contribution in [0.4, 0.5) is 0 Å². The Morgan fingerprint density at radius 1 is 0.571 bits per heavy atom. The first-order valence-electron chi connectivity index (χ1n) is 11.9. The first-order valence-corrected chi connectivity index (χ1v) is 11.9. The van der Waals surface area contributed by atoms with Gasteiger partial charge in [0.05, 0.1) is 13.2 Å². The Bertz CT molecular complexity index is 919. The van der Waals surface area contributed by atoms with E-state index in [1.165, 1.54) is 0 Å². The summed E-state index contributed by atoms with van der Waals surface area (Å²) in [7, 11) is 0. The molecule has 0 heterocycles. The van der Waals surface area contributed by atoms with Gasteiger partial charge in [-0.15, -0.1) is 0 Å². The maximum Gasteiger partial charge on any atom is 0.349 e. The molecule has 0 saturated carbocycles. The van der Waals surface area contributed by atoms with Crippen LogP contribution in [0.2, 0.25) is 0 Å². The highest BCUT2D eigenvalue weighted by molar-refractivity contribution is 5.99. The third kappa shape index (κ3) is 9.60. The quantitative estimate of drug-likeness (QED) is 0.203. The molecule has 35 heavy (non-hydrogen) atoms. The molecule has 0 unspecified atom stereocenters. The van der Waals surface area contributed by atoms with Gasteiger partial charge >= 0.3 is 23.9 Å². The molecule has 0 bridgehead atoms. The van der Waals surface area contributed by atoms with E-state index in [4.69, 9.17) is 18.9 Å². The molecule has 0 aliphatic rings. The van der Waals surface area contributed by atoms with Crippen molar-refractivity contribution >= 4 is 23.9 Å². The van der Waals surface area contributed by atoms with E-state index in [-0.39, 0.29) is 24.0 Å². The van der Waals surface area contributed by atoms with Gasteiger partial charge in [0.25, 0.3) is 0 Å². The highest BCUT2D eigenvalue weighted by atomic mass is 16.6. The lowest BCUT2D eigenvalue weighted by Crippen LogP contribution is -2.14. The second kappa shape index (κ2) is 15.3. The Morgan fingerprint density at radius 3 is 1.34 bits per heavy atom. The van der Waals surface area contributed by atoms with Crippen LogP contribution in [0.3, 0.4) is 0 Å². The van der Waals surface area contributed by atoms with Crippen molar-refractivity contribution in [1.29, 1.82) is 0 Å². The number of carbonyl (C=O) groups is 4. The molecule has 0 saturated heterocycles. The third-order valence-electron chi connectivity index (χ3n) is 4.99. The molecule has 0 N–H and O–H groups in total. The Morgan fingerprint density at radius 2 is 0.943 bits per heavy atom. The molecule has 0 aromatic heterocycles. The zero-order valence-electron chi connectivity index (χ0n) is 20.2. The summed E-state index contributed by atoms with van der Waals surface area (Å²) in [6.45, 7) is 4.40. The molecule has 8 heteroatoms. The number of rotatable bonds is 14. The predicted molar refractivity (Wildman–Crippen MR) is 128 cm³/mol. The zero-order chi connectivity index (χ0) is 25.5. The second-order valence-electron chi connectivity index (χ2n) is 7.65. The lowest BCUT2D eigenvalue weighted by Gasteiger charge is -2.09. The van der Waals surface area contributed by atoms with Crippen LogP contribution >= 0.6 is 0 Å².